The Labute approximate surface area is 123 Å². The second-order valence-corrected chi connectivity index (χ2v) is 7.21. The van der Waals surface area contributed by atoms with Crippen LogP contribution in [0.1, 0.15) is 43.5 Å². The van der Waals surface area contributed by atoms with Crippen molar-refractivity contribution in [3.8, 4) is 5.75 Å². The fraction of sp³-hybridized carbons (Fsp3) is 0.438. The molecule has 0 saturated carbocycles. The Balaban J connectivity index is 2.08. The van der Waals surface area contributed by atoms with E-state index in [1.54, 1.807) is 11.3 Å². The van der Waals surface area contributed by atoms with Crippen LogP contribution in [0.15, 0.2) is 29.6 Å². The zero-order chi connectivity index (χ0) is 14.4. The number of hydrogen-bond acceptors (Lipinski definition) is 4. The van der Waals surface area contributed by atoms with Gasteiger partial charge < -0.3 is 10.5 Å². The number of nitrogens with two attached hydrogens (primary N) is 1. The summed E-state index contributed by atoms with van der Waals surface area (Å²) in [6.07, 6.45) is 0.765. The van der Waals surface area contributed by atoms with Crippen molar-refractivity contribution >= 4 is 11.3 Å². The summed E-state index contributed by atoms with van der Waals surface area (Å²) in [6, 6.07) is 8.02. The van der Waals surface area contributed by atoms with Crippen LogP contribution in [0.3, 0.4) is 0 Å². The monoisotopic (exact) mass is 288 g/mol. The highest BCUT2D eigenvalue weighted by atomic mass is 32.1. The van der Waals surface area contributed by atoms with Crippen molar-refractivity contribution in [1.29, 1.82) is 0 Å². The minimum absolute atomic E-state index is 0.0514. The maximum atomic E-state index is 6.72. The molecule has 0 aliphatic carbocycles. The summed E-state index contributed by atoms with van der Waals surface area (Å²) in [5, 5.41) is 3.11. The van der Waals surface area contributed by atoms with E-state index < -0.39 is 5.54 Å². The van der Waals surface area contributed by atoms with Gasteiger partial charge >= 0.3 is 0 Å². The molecule has 1 unspecified atom stereocenters. The van der Waals surface area contributed by atoms with Crippen LogP contribution in [0, 0.1) is 0 Å². The van der Waals surface area contributed by atoms with Crippen LogP contribution in [-0.4, -0.2) is 11.6 Å². The zero-order valence-electron chi connectivity index (χ0n) is 12.1. The first-order valence-corrected chi connectivity index (χ1v) is 7.77. The lowest BCUT2D eigenvalue weighted by Gasteiger charge is -2.33. The third-order valence-electron chi connectivity index (χ3n) is 3.78. The van der Waals surface area contributed by atoms with Gasteiger partial charge in [0.1, 0.15) is 16.3 Å². The normalized spacial score (nSPS) is 22.2. The number of benzene rings is 1. The van der Waals surface area contributed by atoms with Gasteiger partial charge in [-0.05, 0) is 6.07 Å². The highest BCUT2D eigenvalue weighted by Crippen LogP contribution is 2.41. The molecule has 1 aliphatic rings. The first-order valence-electron chi connectivity index (χ1n) is 6.89. The number of thiazole rings is 1. The first-order chi connectivity index (χ1) is 9.41. The van der Waals surface area contributed by atoms with Crippen LogP contribution in [0.4, 0.5) is 0 Å². The molecule has 0 radical (unpaired) electrons. The van der Waals surface area contributed by atoms with Crippen molar-refractivity contribution in [2.75, 3.05) is 6.61 Å². The number of nitrogens with zero attached hydrogens (tertiary/aromatic N) is 1. The zero-order valence-corrected chi connectivity index (χ0v) is 13.0. The predicted molar refractivity (Wildman–Crippen MR) is 82.3 cm³/mol. The summed E-state index contributed by atoms with van der Waals surface area (Å²) >= 11 is 1.65. The molecule has 0 spiro atoms. The van der Waals surface area contributed by atoms with Crippen LogP contribution in [0.2, 0.25) is 0 Å². The van der Waals surface area contributed by atoms with Crippen molar-refractivity contribution in [3.63, 3.8) is 0 Å². The minimum atomic E-state index is -0.525. The van der Waals surface area contributed by atoms with Crippen LogP contribution in [0.5, 0.6) is 5.75 Å². The summed E-state index contributed by atoms with van der Waals surface area (Å²) in [4.78, 5) is 4.81. The number of ether oxygens (including phenoxy) is 1. The molecule has 1 aliphatic heterocycles. The average Bonchev–Trinajstić information content (AvgIpc) is 2.89. The fourth-order valence-electron chi connectivity index (χ4n) is 2.46. The molecule has 1 aromatic carbocycles. The molecule has 2 N–H and O–H groups in total. The van der Waals surface area contributed by atoms with Gasteiger partial charge in [0.2, 0.25) is 0 Å². The lowest BCUT2D eigenvalue weighted by molar-refractivity contribution is 0.237. The summed E-state index contributed by atoms with van der Waals surface area (Å²) in [5.41, 5.74) is 8.39. The van der Waals surface area contributed by atoms with Gasteiger partial charge in [-0.25, -0.2) is 4.98 Å². The molecule has 3 nitrogen and oxygen atoms in total. The Hall–Kier alpha value is -1.39. The Morgan fingerprint density at radius 3 is 2.75 bits per heavy atom. The average molecular weight is 288 g/mol. The van der Waals surface area contributed by atoms with E-state index in [4.69, 9.17) is 15.5 Å². The lowest BCUT2D eigenvalue weighted by Crippen LogP contribution is -2.42. The van der Waals surface area contributed by atoms with E-state index in [2.05, 4.69) is 26.2 Å². The molecule has 20 heavy (non-hydrogen) atoms. The van der Waals surface area contributed by atoms with Crippen LogP contribution in [0.25, 0.3) is 0 Å². The van der Waals surface area contributed by atoms with E-state index in [1.807, 2.05) is 24.3 Å². The summed E-state index contributed by atoms with van der Waals surface area (Å²) in [5.74, 6) is 0.883. The molecular formula is C16H20N2OS. The molecule has 0 saturated heterocycles. The van der Waals surface area contributed by atoms with Gasteiger partial charge in [0, 0.05) is 22.8 Å². The van der Waals surface area contributed by atoms with E-state index in [9.17, 15) is 0 Å². The first kappa shape index (κ1) is 13.6. The van der Waals surface area contributed by atoms with E-state index in [-0.39, 0.29) is 5.41 Å². The Morgan fingerprint density at radius 2 is 2.05 bits per heavy atom. The summed E-state index contributed by atoms with van der Waals surface area (Å²) < 4.78 is 5.71. The molecule has 1 aromatic heterocycles. The van der Waals surface area contributed by atoms with E-state index in [0.29, 0.717) is 6.61 Å². The maximum absolute atomic E-state index is 6.72. The maximum Gasteiger partial charge on any atom is 0.124 e. The third-order valence-corrected chi connectivity index (χ3v) is 4.80. The van der Waals surface area contributed by atoms with Gasteiger partial charge in [0.25, 0.3) is 0 Å². The van der Waals surface area contributed by atoms with Crippen LogP contribution >= 0.6 is 11.3 Å². The highest BCUT2D eigenvalue weighted by Gasteiger charge is 2.38. The van der Waals surface area contributed by atoms with Gasteiger partial charge in [0.15, 0.2) is 0 Å². The van der Waals surface area contributed by atoms with E-state index in [0.717, 1.165) is 28.4 Å². The fourth-order valence-corrected chi connectivity index (χ4v) is 3.67. The van der Waals surface area contributed by atoms with E-state index in [1.165, 1.54) is 0 Å². The predicted octanol–water partition coefficient (Wildman–Crippen LogP) is 3.43. The molecule has 4 heteroatoms. The minimum Gasteiger partial charge on any atom is -0.493 e. The molecule has 1 atom stereocenters. The summed E-state index contributed by atoms with van der Waals surface area (Å²) in [6.45, 7) is 7.16. The highest BCUT2D eigenvalue weighted by molar-refractivity contribution is 7.09. The Bertz CT molecular complexity index is 629. The molecule has 0 bridgehead atoms. The third kappa shape index (κ3) is 2.13. The van der Waals surface area contributed by atoms with Gasteiger partial charge in [0.05, 0.1) is 12.3 Å². The topological polar surface area (TPSA) is 48.1 Å². The SMILES string of the molecule is CC(C)(C)c1csc(C2(N)CCOc3ccccc32)n1. The van der Waals surface area contributed by atoms with Crippen molar-refractivity contribution in [2.45, 2.75) is 38.1 Å². The van der Waals surface area contributed by atoms with Gasteiger partial charge in [-0.3, -0.25) is 0 Å². The number of rotatable bonds is 1. The van der Waals surface area contributed by atoms with E-state index >= 15 is 0 Å². The molecule has 0 amide bonds. The van der Waals surface area contributed by atoms with Crippen molar-refractivity contribution < 1.29 is 4.74 Å². The van der Waals surface area contributed by atoms with Crippen molar-refractivity contribution in [2.24, 2.45) is 5.73 Å². The lowest BCUT2D eigenvalue weighted by atomic mass is 9.86. The molecule has 0 fully saturated rings. The smallest absolute Gasteiger partial charge is 0.124 e. The molecule has 106 valence electrons. The molecule has 2 heterocycles. The second-order valence-electron chi connectivity index (χ2n) is 6.35. The number of aromatic nitrogens is 1. The number of fused-ring (bicyclic) bond motifs is 1. The Kier molecular flexibility index (Phi) is 3.10. The van der Waals surface area contributed by atoms with Gasteiger partial charge in [-0.15, -0.1) is 11.3 Å². The van der Waals surface area contributed by atoms with Gasteiger partial charge in [-0.2, -0.15) is 0 Å². The van der Waals surface area contributed by atoms with Crippen molar-refractivity contribution in [1.82, 2.24) is 4.98 Å². The molecule has 2 aromatic rings. The number of hydrogen-bond donors (Lipinski definition) is 1. The van der Waals surface area contributed by atoms with Crippen LogP contribution in [-0.2, 0) is 11.0 Å². The second kappa shape index (κ2) is 4.57. The standard InChI is InChI=1S/C16H20N2OS/c1-15(2,3)13-10-20-14(18-13)16(17)8-9-19-12-7-5-4-6-11(12)16/h4-7,10H,8-9,17H2,1-3H3. The Morgan fingerprint density at radius 1 is 1.30 bits per heavy atom. The van der Waals surface area contributed by atoms with Crippen LogP contribution < -0.4 is 10.5 Å². The summed E-state index contributed by atoms with van der Waals surface area (Å²) in [7, 11) is 0. The van der Waals surface area contributed by atoms with Crippen molar-refractivity contribution in [3.05, 3.63) is 45.9 Å². The quantitative estimate of drug-likeness (QED) is 0.874. The largest absolute Gasteiger partial charge is 0.493 e. The van der Waals surface area contributed by atoms with Gasteiger partial charge in [-0.1, -0.05) is 39.0 Å². The molecular weight excluding hydrogens is 268 g/mol. The molecule has 3 rings (SSSR count). The number of para-hydroxylation sites is 1.